The van der Waals surface area contributed by atoms with Crippen molar-refractivity contribution >= 4 is 16.7 Å². The Morgan fingerprint density at radius 3 is 2.87 bits per heavy atom. The second kappa shape index (κ2) is 7.94. The van der Waals surface area contributed by atoms with Gasteiger partial charge < -0.3 is 13.8 Å². The van der Waals surface area contributed by atoms with Gasteiger partial charge in [-0.3, -0.25) is 9.78 Å². The molecule has 0 N–H and O–H groups in total. The average Bonchev–Trinajstić information content (AvgIpc) is 3.49. The van der Waals surface area contributed by atoms with Crippen LogP contribution in [-0.4, -0.2) is 37.7 Å². The number of rotatable bonds is 4. The van der Waals surface area contributed by atoms with Crippen LogP contribution < -0.4 is 0 Å². The average molecular weight is 417 g/mol. The van der Waals surface area contributed by atoms with Crippen molar-refractivity contribution in [2.75, 3.05) is 6.54 Å². The Morgan fingerprint density at radius 2 is 2.03 bits per heavy atom. The van der Waals surface area contributed by atoms with Crippen LogP contribution in [0.3, 0.4) is 0 Å². The van der Waals surface area contributed by atoms with Gasteiger partial charge in [0.1, 0.15) is 17.5 Å². The number of hydrogen-bond donors (Lipinski definition) is 0. The first-order valence-corrected chi connectivity index (χ1v) is 10.6. The van der Waals surface area contributed by atoms with E-state index in [1.165, 1.54) is 0 Å². The molecule has 4 aromatic rings. The predicted octanol–water partition coefficient (Wildman–Crippen LogP) is 4.76. The van der Waals surface area contributed by atoms with Crippen molar-refractivity contribution in [1.29, 1.82) is 0 Å². The molecular weight excluding hydrogens is 394 g/mol. The van der Waals surface area contributed by atoms with E-state index in [1.54, 1.807) is 17.2 Å². The van der Waals surface area contributed by atoms with Crippen molar-refractivity contribution in [2.45, 2.75) is 45.1 Å². The molecule has 1 aliphatic rings. The lowest BCUT2D eigenvalue weighted by molar-refractivity contribution is 0.0562. The van der Waals surface area contributed by atoms with E-state index < -0.39 is 0 Å². The number of carbonyl (C=O) groups excluding carboxylic acids is 1. The monoisotopic (exact) mass is 417 g/mol. The van der Waals surface area contributed by atoms with E-state index in [2.05, 4.69) is 20.3 Å². The molecule has 8 nitrogen and oxygen atoms in total. The summed E-state index contributed by atoms with van der Waals surface area (Å²) in [5.41, 5.74) is 0.953. The molecule has 8 heteroatoms. The van der Waals surface area contributed by atoms with Gasteiger partial charge in [0.05, 0.1) is 0 Å². The Hall–Kier alpha value is -3.55. The molecule has 0 unspecified atom stereocenters. The van der Waals surface area contributed by atoms with Gasteiger partial charge in [0.25, 0.3) is 11.8 Å². The molecule has 31 heavy (non-hydrogen) atoms. The van der Waals surface area contributed by atoms with Gasteiger partial charge in [-0.2, -0.15) is 0 Å². The van der Waals surface area contributed by atoms with Gasteiger partial charge in [0.2, 0.25) is 5.89 Å². The third kappa shape index (κ3) is 3.58. The third-order valence-electron chi connectivity index (χ3n) is 5.68. The molecule has 0 spiro atoms. The minimum atomic E-state index is -0.295. The molecule has 1 saturated heterocycles. The molecule has 5 rings (SSSR count). The molecule has 3 aromatic heterocycles. The van der Waals surface area contributed by atoms with E-state index in [0.717, 1.165) is 30.0 Å². The molecule has 1 atom stereocenters. The van der Waals surface area contributed by atoms with Crippen molar-refractivity contribution in [3.8, 4) is 11.6 Å². The second-order valence-corrected chi connectivity index (χ2v) is 8.11. The highest BCUT2D eigenvalue weighted by atomic mass is 16.5. The highest BCUT2D eigenvalue weighted by Crippen LogP contribution is 2.34. The van der Waals surface area contributed by atoms with Crippen LogP contribution in [0.2, 0.25) is 0 Å². The Labute approximate surface area is 179 Å². The summed E-state index contributed by atoms with van der Waals surface area (Å²) in [6.07, 6.45) is 4.39. The van der Waals surface area contributed by atoms with Crippen molar-refractivity contribution in [3.05, 3.63) is 59.9 Å². The number of pyridine rings is 1. The molecule has 1 fully saturated rings. The largest absolute Gasteiger partial charge is 0.417 e. The summed E-state index contributed by atoms with van der Waals surface area (Å²) in [5, 5.41) is 14.5. The van der Waals surface area contributed by atoms with Crippen molar-refractivity contribution < 1.29 is 13.7 Å². The van der Waals surface area contributed by atoms with E-state index in [1.807, 2.05) is 44.2 Å². The number of benzene rings is 1. The summed E-state index contributed by atoms with van der Waals surface area (Å²) in [6.45, 7) is 4.61. The molecule has 1 aliphatic heterocycles. The zero-order valence-electron chi connectivity index (χ0n) is 17.5. The molecule has 4 heterocycles. The van der Waals surface area contributed by atoms with Crippen LogP contribution >= 0.6 is 0 Å². The number of amides is 1. The normalized spacial score (nSPS) is 16.9. The Morgan fingerprint density at radius 1 is 1.16 bits per heavy atom. The van der Waals surface area contributed by atoms with Crippen LogP contribution in [0.25, 0.3) is 22.4 Å². The van der Waals surface area contributed by atoms with Crippen molar-refractivity contribution in [1.82, 2.24) is 25.2 Å². The number of piperidine rings is 1. The fraction of sp³-hybridized carbons (Fsp3) is 0.348. The van der Waals surface area contributed by atoms with Crippen molar-refractivity contribution in [2.24, 2.45) is 0 Å². The quantitative estimate of drug-likeness (QED) is 0.472. The van der Waals surface area contributed by atoms with Gasteiger partial charge in [0, 0.05) is 30.1 Å². The second-order valence-electron chi connectivity index (χ2n) is 8.11. The first-order valence-electron chi connectivity index (χ1n) is 10.6. The lowest BCUT2D eigenvalue weighted by Gasteiger charge is -2.32. The van der Waals surface area contributed by atoms with Gasteiger partial charge >= 0.3 is 0 Å². The maximum absolute atomic E-state index is 13.2. The first-order chi connectivity index (χ1) is 15.1. The number of aromatic nitrogens is 4. The predicted molar refractivity (Wildman–Crippen MR) is 113 cm³/mol. The van der Waals surface area contributed by atoms with Gasteiger partial charge in [-0.15, -0.1) is 10.2 Å². The van der Waals surface area contributed by atoms with Crippen LogP contribution in [0, 0.1) is 0 Å². The van der Waals surface area contributed by atoms with E-state index in [-0.39, 0.29) is 17.9 Å². The fourth-order valence-corrected chi connectivity index (χ4v) is 4.00. The third-order valence-corrected chi connectivity index (χ3v) is 5.68. The van der Waals surface area contributed by atoms with Gasteiger partial charge in [-0.05, 0) is 30.7 Å². The molecule has 0 aliphatic carbocycles. The summed E-state index contributed by atoms with van der Waals surface area (Å²) < 4.78 is 11.4. The fourth-order valence-electron chi connectivity index (χ4n) is 4.00. The van der Waals surface area contributed by atoms with Gasteiger partial charge in [0.15, 0.2) is 5.69 Å². The van der Waals surface area contributed by atoms with E-state index >= 15 is 0 Å². The highest BCUT2D eigenvalue weighted by molar-refractivity contribution is 5.93. The van der Waals surface area contributed by atoms with Crippen LogP contribution in [0.4, 0.5) is 0 Å². The van der Waals surface area contributed by atoms with Crippen LogP contribution in [0.1, 0.15) is 67.2 Å². The first kappa shape index (κ1) is 19.4. The number of fused-ring (bicyclic) bond motifs is 1. The van der Waals surface area contributed by atoms with Gasteiger partial charge in [-0.1, -0.05) is 43.3 Å². The van der Waals surface area contributed by atoms with Crippen LogP contribution in [0.5, 0.6) is 0 Å². The van der Waals surface area contributed by atoms with Crippen LogP contribution in [-0.2, 0) is 0 Å². The highest BCUT2D eigenvalue weighted by Gasteiger charge is 2.34. The lowest BCUT2D eigenvalue weighted by Crippen LogP contribution is -2.38. The smallest absolute Gasteiger partial charge is 0.276 e. The standard InChI is InChI=1S/C23H23N5O3/c1-14(2)19-13-17(27-31-19)23(29)28-12-6-5-9-18(28)21-25-26-22(30-21)20-16-8-4-3-7-15(16)10-11-24-20/h3-4,7-8,10-11,13-14,18H,5-6,9,12H2,1-2H3/t18-/m1/s1. The Bertz CT molecular complexity index is 1220. The minimum absolute atomic E-state index is 0.165. The topological polar surface area (TPSA) is 98.2 Å². The lowest BCUT2D eigenvalue weighted by atomic mass is 10.0. The SMILES string of the molecule is CC(C)c1cc(C(=O)N2CCCC[C@@H]2c2nnc(-c3nccc4ccccc34)o2)no1. The summed E-state index contributed by atoms with van der Waals surface area (Å²) in [5.74, 6) is 1.46. The Kier molecular flexibility index (Phi) is 4.97. The number of carbonyl (C=O) groups is 1. The molecule has 0 radical (unpaired) electrons. The summed E-state index contributed by atoms with van der Waals surface area (Å²) >= 11 is 0. The summed E-state index contributed by atoms with van der Waals surface area (Å²) in [6, 6.07) is 11.3. The number of nitrogens with zero attached hydrogens (tertiary/aromatic N) is 5. The molecule has 1 amide bonds. The number of likely N-dealkylation sites (tertiary alicyclic amines) is 1. The van der Waals surface area contributed by atoms with E-state index in [9.17, 15) is 4.79 Å². The molecule has 0 saturated carbocycles. The molecule has 158 valence electrons. The number of hydrogen-bond acceptors (Lipinski definition) is 7. The maximum atomic E-state index is 13.2. The minimum Gasteiger partial charge on any atom is -0.417 e. The molecule has 1 aromatic carbocycles. The zero-order chi connectivity index (χ0) is 21.4. The molecular formula is C23H23N5O3. The van der Waals surface area contributed by atoms with E-state index in [4.69, 9.17) is 8.94 Å². The Balaban J connectivity index is 1.46. The molecule has 0 bridgehead atoms. The maximum Gasteiger partial charge on any atom is 0.276 e. The van der Waals surface area contributed by atoms with E-state index in [0.29, 0.717) is 35.5 Å². The van der Waals surface area contributed by atoms with Gasteiger partial charge in [-0.25, -0.2) is 0 Å². The summed E-state index contributed by atoms with van der Waals surface area (Å²) in [4.78, 5) is 19.4. The zero-order valence-corrected chi connectivity index (χ0v) is 17.5. The summed E-state index contributed by atoms with van der Waals surface area (Å²) in [7, 11) is 0. The van der Waals surface area contributed by atoms with Crippen molar-refractivity contribution in [3.63, 3.8) is 0 Å². The van der Waals surface area contributed by atoms with Crippen LogP contribution in [0.15, 0.2) is 51.5 Å².